The lowest BCUT2D eigenvalue weighted by atomic mass is 10.0. The van der Waals surface area contributed by atoms with Crippen molar-refractivity contribution in [1.82, 2.24) is 19.9 Å². The van der Waals surface area contributed by atoms with E-state index in [4.69, 9.17) is 4.74 Å². The molecule has 2 heterocycles. The summed E-state index contributed by atoms with van der Waals surface area (Å²) in [5.74, 6) is -0.309. The van der Waals surface area contributed by atoms with Gasteiger partial charge >= 0.3 is 6.09 Å². The van der Waals surface area contributed by atoms with Crippen LogP contribution in [-0.4, -0.2) is 32.8 Å². The zero-order chi connectivity index (χ0) is 26.6. The smallest absolute Gasteiger partial charge is 0.407 e. The number of halogens is 3. The van der Waals surface area contributed by atoms with Gasteiger partial charge in [0.05, 0.1) is 29.0 Å². The van der Waals surface area contributed by atoms with E-state index in [1.54, 1.807) is 59.0 Å². The molecule has 192 valence electrons. The minimum Gasteiger partial charge on any atom is -0.444 e. The van der Waals surface area contributed by atoms with Gasteiger partial charge in [-0.1, -0.05) is 24.3 Å². The van der Waals surface area contributed by atoms with E-state index in [1.807, 2.05) is 11.6 Å². The molecule has 0 aliphatic carbocycles. The van der Waals surface area contributed by atoms with Crippen molar-refractivity contribution in [2.75, 3.05) is 6.54 Å². The van der Waals surface area contributed by atoms with E-state index in [9.17, 15) is 18.0 Å². The number of carbonyl (C=O) groups is 1. The molecule has 0 aliphatic rings. The van der Waals surface area contributed by atoms with E-state index in [1.165, 1.54) is 12.1 Å². The third-order valence-corrected chi connectivity index (χ3v) is 5.37. The number of aromatic nitrogens is 3. The van der Waals surface area contributed by atoms with Crippen LogP contribution in [0.4, 0.5) is 18.0 Å². The van der Waals surface area contributed by atoms with Crippen LogP contribution in [0.5, 0.6) is 0 Å². The lowest BCUT2D eigenvalue weighted by Gasteiger charge is -2.19. The molecule has 7 nitrogen and oxygen atoms in total. The first kappa shape index (κ1) is 26.9. The van der Waals surface area contributed by atoms with Crippen LogP contribution in [0.1, 0.15) is 62.8 Å². The number of alkyl carbamates (subject to hydrolysis) is 1. The number of pyridine rings is 1. The van der Waals surface area contributed by atoms with Crippen molar-refractivity contribution in [2.24, 2.45) is 12.0 Å². The summed E-state index contributed by atoms with van der Waals surface area (Å²) in [6.45, 7) is 9.02. The lowest BCUT2D eigenvalue weighted by molar-refractivity contribution is 0.0534. The number of rotatable bonds is 6. The summed E-state index contributed by atoms with van der Waals surface area (Å²) in [4.78, 5) is 25.4. The minimum absolute atomic E-state index is 0.0658. The van der Waals surface area contributed by atoms with Crippen LogP contribution in [0.3, 0.4) is 0 Å². The van der Waals surface area contributed by atoms with Gasteiger partial charge in [-0.05, 0) is 46.8 Å². The number of ether oxygens (including phenoxy) is 1. The average Bonchev–Trinajstić information content (AvgIpc) is 2.78. The fourth-order valence-corrected chi connectivity index (χ4v) is 3.51. The van der Waals surface area contributed by atoms with Gasteiger partial charge < -0.3 is 14.6 Å². The molecular weight excluding hydrogens is 471 g/mol. The molecule has 0 spiro atoms. The first-order valence-electron chi connectivity index (χ1n) is 11.4. The highest BCUT2D eigenvalue weighted by atomic mass is 19.3. The van der Waals surface area contributed by atoms with Crippen molar-refractivity contribution in [3.63, 3.8) is 0 Å². The second-order valence-corrected chi connectivity index (χ2v) is 9.31. The molecule has 0 unspecified atom stereocenters. The number of alkyl halides is 2. The maximum Gasteiger partial charge on any atom is 0.407 e. The molecule has 1 amide bonds. The number of hydrogen-bond donors (Lipinski definition) is 1. The highest BCUT2D eigenvalue weighted by Crippen LogP contribution is 2.28. The molecule has 3 rings (SSSR count). The van der Waals surface area contributed by atoms with Crippen LogP contribution < -0.4 is 10.8 Å². The van der Waals surface area contributed by atoms with E-state index in [0.29, 0.717) is 22.4 Å². The molecule has 0 fully saturated rings. The molecular formula is C26H30F3N5O2. The standard InChI is InChI=1S/C26H30F3N5O2/c1-15(18-10-7-11-19(22(18)27)23(28)29)32-24-20-13-17(31-14-21(20)34(6)16(2)33-24)9-8-12-30-25(35)36-26(3,4)5/h7-11,13-15,23H,12H2,1-6H3,(H,30,35)/b9-8+,32-24-/t15-/m1/s1. The summed E-state index contributed by atoms with van der Waals surface area (Å²) in [5.41, 5.74) is 0.512. The third kappa shape index (κ3) is 6.50. The SMILES string of the molecule is Cc1n/c(=N\[C@H](C)c2cccc(C(F)F)c2F)c2cc(/C=C/CNC(=O)OC(C)(C)C)ncc2n1C. The van der Waals surface area contributed by atoms with Gasteiger partial charge in [0.25, 0.3) is 6.43 Å². The number of carbonyl (C=O) groups excluding carboxylic acids is 1. The molecule has 0 radical (unpaired) electrons. The molecule has 3 aromatic rings. The highest BCUT2D eigenvalue weighted by molar-refractivity contribution is 5.79. The summed E-state index contributed by atoms with van der Waals surface area (Å²) in [6, 6.07) is 4.94. The van der Waals surface area contributed by atoms with Gasteiger partial charge in [0.1, 0.15) is 17.2 Å². The molecule has 36 heavy (non-hydrogen) atoms. The normalized spacial score (nSPS) is 13.6. The summed E-state index contributed by atoms with van der Waals surface area (Å²) >= 11 is 0. The highest BCUT2D eigenvalue weighted by Gasteiger charge is 2.19. The maximum atomic E-state index is 14.7. The topological polar surface area (TPSA) is 81.4 Å². The summed E-state index contributed by atoms with van der Waals surface area (Å²) in [6.07, 6.45) is 1.69. The van der Waals surface area contributed by atoms with E-state index >= 15 is 0 Å². The van der Waals surface area contributed by atoms with Crippen molar-refractivity contribution >= 4 is 23.1 Å². The van der Waals surface area contributed by atoms with E-state index < -0.39 is 35.5 Å². The van der Waals surface area contributed by atoms with Crippen molar-refractivity contribution < 1.29 is 22.7 Å². The van der Waals surface area contributed by atoms with E-state index in [2.05, 4.69) is 20.3 Å². The number of nitrogens with one attached hydrogen (secondary N) is 1. The Hall–Kier alpha value is -3.69. The maximum absolute atomic E-state index is 14.7. The Bertz CT molecular complexity index is 1360. The van der Waals surface area contributed by atoms with Crippen LogP contribution >= 0.6 is 0 Å². The van der Waals surface area contributed by atoms with Crippen LogP contribution in [0.2, 0.25) is 0 Å². The molecule has 10 heteroatoms. The quantitative estimate of drug-likeness (QED) is 0.480. The van der Waals surface area contributed by atoms with Gasteiger partial charge in [-0.2, -0.15) is 0 Å². The Labute approximate surface area is 207 Å². The molecule has 1 N–H and O–H groups in total. The summed E-state index contributed by atoms with van der Waals surface area (Å²) in [7, 11) is 1.84. The Morgan fingerprint density at radius 3 is 2.64 bits per heavy atom. The monoisotopic (exact) mass is 501 g/mol. The van der Waals surface area contributed by atoms with Gasteiger partial charge in [0, 0.05) is 24.5 Å². The molecule has 1 aromatic carbocycles. The number of hydrogen-bond acceptors (Lipinski definition) is 5. The van der Waals surface area contributed by atoms with Crippen molar-refractivity contribution in [3.05, 3.63) is 70.5 Å². The molecule has 0 aliphatic heterocycles. The molecule has 2 aromatic heterocycles. The molecule has 0 saturated carbocycles. The predicted octanol–water partition coefficient (Wildman–Crippen LogP) is 5.55. The van der Waals surface area contributed by atoms with E-state index in [0.717, 1.165) is 11.6 Å². The van der Waals surface area contributed by atoms with Crippen LogP contribution in [0, 0.1) is 12.7 Å². The van der Waals surface area contributed by atoms with Gasteiger partial charge in [-0.3, -0.25) is 9.98 Å². The Balaban J connectivity index is 1.95. The van der Waals surface area contributed by atoms with E-state index in [-0.39, 0.29) is 12.1 Å². The second kappa shape index (κ2) is 10.9. The number of nitrogens with zero attached hydrogens (tertiary/aromatic N) is 4. The number of aryl methyl sites for hydroxylation is 2. The zero-order valence-electron chi connectivity index (χ0n) is 21.1. The van der Waals surface area contributed by atoms with Crippen molar-refractivity contribution in [3.8, 4) is 0 Å². The number of amides is 1. The van der Waals surface area contributed by atoms with Crippen molar-refractivity contribution in [1.29, 1.82) is 0 Å². The zero-order valence-corrected chi connectivity index (χ0v) is 21.1. The predicted molar refractivity (Wildman–Crippen MR) is 132 cm³/mol. The first-order valence-corrected chi connectivity index (χ1v) is 11.4. The van der Waals surface area contributed by atoms with Crippen LogP contribution in [0.15, 0.2) is 41.5 Å². The first-order chi connectivity index (χ1) is 16.9. The number of fused-ring (bicyclic) bond motifs is 1. The van der Waals surface area contributed by atoms with Gasteiger partial charge in [0.2, 0.25) is 0 Å². The average molecular weight is 502 g/mol. The number of benzene rings is 1. The van der Waals surface area contributed by atoms with Gasteiger partial charge in [-0.15, -0.1) is 0 Å². The van der Waals surface area contributed by atoms with Gasteiger partial charge in [-0.25, -0.2) is 22.9 Å². The van der Waals surface area contributed by atoms with Crippen LogP contribution in [-0.2, 0) is 11.8 Å². The molecule has 0 saturated heterocycles. The second-order valence-electron chi connectivity index (χ2n) is 9.31. The van der Waals surface area contributed by atoms with Crippen LogP contribution in [0.25, 0.3) is 17.0 Å². The largest absolute Gasteiger partial charge is 0.444 e. The Morgan fingerprint density at radius 2 is 1.97 bits per heavy atom. The van der Waals surface area contributed by atoms with Gasteiger partial charge in [0.15, 0.2) is 5.49 Å². The molecule has 1 atom stereocenters. The molecule has 0 bridgehead atoms. The van der Waals surface area contributed by atoms with Crippen molar-refractivity contribution in [2.45, 2.75) is 52.7 Å². The summed E-state index contributed by atoms with van der Waals surface area (Å²) < 4.78 is 48.1. The Morgan fingerprint density at radius 1 is 1.28 bits per heavy atom. The lowest BCUT2D eigenvalue weighted by Crippen LogP contribution is -2.32. The third-order valence-electron chi connectivity index (χ3n) is 5.37. The minimum atomic E-state index is -2.92. The fourth-order valence-electron chi connectivity index (χ4n) is 3.51. The summed E-state index contributed by atoms with van der Waals surface area (Å²) in [5, 5.41) is 3.30. The fraction of sp³-hybridized carbons (Fsp3) is 0.385. The Kier molecular flexibility index (Phi) is 8.17.